The fraction of sp³-hybridized carbons (Fsp3) is 0.143. The van der Waals surface area contributed by atoms with Gasteiger partial charge in [0.05, 0.1) is 12.0 Å². The molecule has 12 heavy (non-hydrogen) atoms. The molecular weight excluding hydrogens is 203 g/mol. The average Bonchev–Trinajstić information content (AvgIpc) is 2.05. The Morgan fingerprint density at radius 1 is 1.42 bits per heavy atom. The van der Waals surface area contributed by atoms with Crippen LogP contribution in [0.4, 0.5) is 0 Å². The molecule has 0 fully saturated rings. The Hall–Kier alpha value is 0.766. The summed E-state index contributed by atoms with van der Waals surface area (Å²) in [4.78, 5) is 0.380. The van der Waals surface area contributed by atoms with Crippen molar-refractivity contribution in [2.45, 2.75) is 4.90 Å². The van der Waals surface area contributed by atoms with E-state index in [1.54, 1.807) is 31.4 Å². The van der Waals surface area contributed by atoms with Crippen molar-refractivity contribution in [1.29, 1.82) is 0 Å². The van der Waals surface area contributed by atoms with Crippen molar-refractivity contribution in [2.75, 3.05) is 7.11 Å². The molecule has 0 aliphatic carbocycles. The molecule has 0 heterocycles. The average molecular weight is 212 g/mol. The number of ether oxygens (including phenoxy) is 1. The smallest absolute Gasteiger partial charge is 1.00 e. The summed E-state index contributed by atoms with van der Waals surface area (Å²) >= 11 is -1.89. The van der Waals surface area contributed by atoms with Crippen LogP contribution in [0, 0.1) is 0 Å². The Labute approximate surface area is 118 Å². The molecule has 1 atom stereocenters. The normalized spacial score (nSPS) is 11.5. The molecular formula is C7H9KO3S. The van der Waals surface area contributed by atoms with Gasteiger partial charge < -0.3 is 10.7 Å². The molecule has 0 radical (unpaired) electrons. The van der Waals surface area contributed by atoms with E-state index in [9.17, 15) is 4.21 Å². The predicted molar refractivity (Wildman–Crippen MR) is 43.1 cm³/mol. The molecule has 0 aromatic heterocycles. The zero-order valence-electron chi connectivity index (χ0n) is 7.98. The van der Waals surface area contributed by atoms with Gasteiger partial charge in [-0.3, -0.25) is 0 Å². The largest absolute Gasteiger partial charge is 1.00 e. The molecule has 0 aliphatic rings. The minimum Gasteiger partial charge on any atom is -1.00 e. The van der Waals surface area contributed by atoms with Crippen LogP contribution in [0.3, 0.4) is 0 Å². The van der Waals surface area contributed by atoms with Crippen molar-refractivity contribution in [2.24, 2.45) is 0 Å². The van der Waals surface area contributed by atoms with Gasteiger partial charge in [0.2, 0.25) is 0 Å². The molecule has 0 bridgehead atoms. The first-order chi connectivity index (χ1) is 5.24. The van der Waals surface area contributed by atoms with Crippen LogP contribution in [0.5, 0.6) is 5.75 Å². The molecule has 1 N–H and O–H groups in total. The van der Waals surface area contributed by atoms with E-state index in [1.807, 2.05) is 0 Å². The summed E-state index contributed by atoms with van der Waals surface area (Å²) in [6.45, 7) is 0. The van der Waals surface area contributed by atoms with E-state index < -0.39 is 11.1 Å². The Morgan fingerprint density at radius 2 is 1.92 bits per heavy atom. The van der Waals surface area contributed by atoms with Crippen LogP contribution in [-0.4, -0.2) is 15.9 Å². The molecule has 1 aromatic carbocycles. The summed E-state index contributed by atoms with van der Waals surface area (Å²) in [7, 11) is 1.55. The summed E-state index contributed by atoms with van der Waals surface area (Å²) in [6.07, 6.45) is 0. The van der Waals surface area contributed by atoms with E-state index in [0.717, 1.165) is 0 Å². The third kappa shape index (κ3) is 3.65. The third-order valence-electron chi connectivity index (χ3n) is 1.26. The van der Waals surface area contributed by atoms with E-state index in [0.29, 0.717) is 10.6 Å². The number of benzene rings is 1. The minimum absolute atomic E-state index is 0. The monoisotopic (exact) mass is 212 g/mol. The summed E-state index contributed by atoms with van der Waals surface area (Å²) in [5.74, 6) is 0.680. The number of methoxy groups -OCH3 is 1. The molecule has 0 saturated heterocycles. The van der Waals surface area contributed by atoms with Crippen molar-refractivity contribution in [3.8, 4) is 5.75 Å². The first-order valence-corrected chi connectivity index (χ1v) is 4.09. The Balaban J connectivity index is 0. The molecule has 0 saturated carbocycles. The van der Waals surface area contributed by atoms with Gasteiger partial charge in [-0.2, -0.15) is 0 Å². The zero-order chi connectivity index (χ0) is 8.27. The van der Waals surface area contributed by atoms with E-state index >= 15 is 0 Å². The van der Waals surface area contributed by atoms with Gasteiger partial charge in [-0.25, -0.2) is 4.21 Å². The van der Waals surface area contributed by atoms with Crippen LogP contribution in [0.15, 0.2) is 29.2 Å². The maximum absolute atomic E-state index is 10.5. The number of hydrogen-bond acceptors (Lipinski definition) is 2. The van der Waals surface area contributed by atoms with Gasteiger partial charge in [-0.1, -0.05) is 0 Å². The topological polar surface area (TPSA) is 46.5 Å². The summed E-state index contributed by atoms with van der Waals surface area (Å²) < 4.78 is 24.0. The second-order valence-electron chi connectivity index (χ2n) is 1.92. The van der Waals surface area contributed by atoms with Crippen molar-refractivity contribution in [3.05, 3.63) is 24.3 Å². The van der Waals surface area contributed by atoms with Crippen LogP contribution in [-0.2, 0) is 11.1 Å². The molecule has 1 rings (SSSR count). The van der Waals surface area contributed by atoms with Crippen LogP contribution < -0.4 is 56.1 Å². The van der Waals surface area contributed by atoms with Gasteiger partial charge in [-0.05, 0) is 24.3 Å². The summed E-state index contributed by atoms with van der Waals surface area (Å²) in [5.41, 5.74) is 0. The molecule has 1 unspecified atom stereocenters. The van der Waals surface area contributed by atoms with E-state index in [-0.39, 0.29) is 52.8 Å². The van der Waals surface area contributed by atoms with Gasteiger partial charge in [0.25, 0.3) is 0 Å². The van der Waals surface area contributed by atoms with Crippen LogP contribution in [0.2, 0.25) is 0 Å². The molecule has 0 spiro atoms. The van der Waals surface area contributed by atoms with Crippen molar-refractivity contribution >= 4 is 11.1 Å². The molecule has 3 nitrogen and oxygen atoms in total. The molecule has 0 amide bonds. The van der Waals surface area contributed by atoms with E-state index in [2.05, 4.69) is 0 Å². The second kappa shape index (κ2) is 6.26. The van der Waals surface area contributed by atoms with Crippen LogP contribution in [0.1, 0.15) is 1.43 Å². The maximum atomic E-state index is 10.5. The van der Waals surface area contributed by atoms with Gasteiger partial charge >= 0.3 is 51.4 Å². The van der Waals surface area contributed by atoms with E-state index in [4.69, 9.17) is 9.29 Å². The summed E-state index contributed by atoms with van der Waals surface area (Å²) in [5, 5.41) is 0. The quantitative estimate of drug-likeness (QED) is 0.474. The van der Waals surface area contributed by atoms with Crippen molar-refractivity contribution < 1.29 is 66.3 Å². The Bertz CT molecular complexity index is 265. The first kappa shape index (κ1) is 12.8. The fourth-order valence-electron chi connectivity index (χ4n) is 0.692. The van der Waals surface area contributed by atoms with Crippen LogP contribution in [0.25, 0.3) is 0 Å². The van der Waals surface area contributed by atoms with Gasteiger partial charge in [-0.15, -0.1) is 0 Å². The fourth-order valence-corrected chi connectivity index (χ4v) is 1.06. The number of rotatable bonds is 2. The van der Waals surface area contributed by atoms with E-state index in [1.165, 1.54) is 0 Å². The van der Waals surface area contributed by atoms with Crippen molar-refractivity contribution in [3.63, 3.8) is 0 Å². The van der Waals surface area contributed by atoms with Gasteiger partial charge in [0, 0.05) is 0 Å². The SMILES string of the molecule is COc1ccc(S(=O)O)cc1.[H-].[K+]. The Kier molecular flexibility index (Phi) is 6.65. The van der Waals surface area contributed by atoms with Crippen molar-refractivity contribution in [1.82, 2.24) is 0 Å². The summed E-state index contributed by atoms with van der Waals surface area (Å²) in [6, 6.07) is 6.39. The van der Waals surface area contributed by atoms with Gasteiger partial charge in [0.1, 0.15) is 5.75 Å². The predicted octanol–water partition coefficient (Wildman–Crippen LogP) is -1.61. The Morgan fingerprint density at radius 3 is 2.25 bits per heavy atom. The molecule has 62 valence electrons. The number of hydrogen-bond donors (Lipinski definition) is 1. The first-order valence-electron chi connectivity index (χ1n) is 2.99. The minimum atomic E-state index is -1.89. The maximum Gasteiger partial charge on any atom is 1.00 e. The second-order valence-corrected chi connectivity index (χ2v) is 2.89. The zero-order valence-corrected chi connectivity index (χ0v) is 10.9. The third-order valence-corrected chi connectivity index (χ3v) is 1.94. The van der Waals surface area contributed by atoms with Gasteiger partial charge in [0.15, 0.2) is 11.1 Å². The molecule has 1 aromatic rings. The molecule has 5 heteroatoms. The van der Waals surface area contributed by atoms with Crippen LogP contribution >= 0.6 is 0 Å². The molecule has 0 aliphatic heterocycles. The standard InChI is InChI=1S/C7H8O3S.K.H/c1-10-6-2-4-7(5-3-6)11(8)9;;/h2-5H,1H3,(H,8,9);;/q;+1;-1.